The molecular formula is C19H29N3O3. The number of hydrogen-bond donors (Lipinski definition) is 2. The van der Waals surface area contributed by atoms with Gasteiger partial charge in [-0.05, 0) is 38.9 Å². The maximum atomic E-state index is 12.8. The minimum atomic E-state index is -0.392. The summed E-state index contributed by atoms with van der Waals surface area (Å²) >= 11 is 0. The van der Waals surface area contributed by atoms with E-state index >= 15 is 0 Å². The molecule has 2 N–H and O–H groups in total. The van der Waals surface area contributed by atoms with E-state index in [1.54, 1.807) is 0 Å². The summed E-state index contributed by atoms with van der Waals surface area (Å²) in [6, 6.07) is 7.43. The standard InChI is InChI=1S/C19H29N3O3/c1-4-25-18-8-6-5-7-16(18)17(21-14(2)23)13-19(24)22(3)15-9-11-20-12-10-15/h5-8,15,17,20H,4,9-13H2,1-3H3,(H,21,23). The van der Waals surface area contributed by atoms with Gasteiger partial charge in [0.2, 0.25) is 11.8 Å². The van der Waals surface area contributed by atoms with Crippen LogP contribution in [0, 0.1) is 0 Å². The van der Waals surface area contributed by atoms with Crippen LogP contribution < -0.4 is 15.4 Å². The number of nitrogens with one attached hydrogen (secondary N) is 2. The summed E-state index contributed by atoms with van der Waals surface area (Å²) in [5.74, 6) is 0.589. The summed E-state index contributed by atoms with van der Waals surface area (Å²) in [6.45, 7) is 5.79. The number of benzene rings is 1. The number of para-hydroxylation sites is 1. The summed E-state index contributed by atoms with van der Waals surface area (Å²) in [7, 11) is 1.86. The molecule has 6 heteroatoms. The molecule has 1 aromatic carbocycles. The smallest absolute Gasteiger partial charge is 0.224 e. The molecule has 0 radical (unpaired) electrons. The van der Waals surface area contributed by atoms with Crippen LogP contribution >= 0.6 is 0 Å². The fourth-order valence-electron chi connectivity index (χ4n) is 3.26. The number of hydrogen-bond acceptors (Lipinski definition) is 4. The minimum absolute atomic E-state index is 0.0388. The lowest BCUT2D eigenvalue weighted by Gasteiger charge is -2.33. The van der Waals surface area contributed by atoms with E-state index < -0.39 is 6.04 Å². The lowest BCUT2D eigenvalue weighted by atomic mass is 10.00. The number of carbonyl (C=O) groups excluding carboxylic acids is 2. The van der Waals surface area contributed by atoms with E-state index in [0.717, 1.165) is 31.5 Å². The van der Waals surface area contributed by atoms with Crippen LogP contribution in [0.25, 0.3) is 0 Å². The minimum Gasteiger partial charge on any atom is -0.494 e. The van der Waals surface area contributed by atoms with E-state index in [9.17, 15) is 9.59 Å². The fraction of sp³-hybridized carbons (Fsp3) is 0.579. The highest BCUT2D eigenvalue weighted by Gasteiger charge is 2.26. The van der Waals surface area contributed by atoms with Crippen LogP contribution in [-0.4, -0.2) is 49.5 Å². The van der Waals surface area contributed by atoms with Gasteiger partial charge in [-0.25, -0.2) is 0 Å². The van der Waals surface area contributed by atoms with Crippen molar-refractivity contribution in [1.29, 1.82) is 0 Å². The van der Waals surface area contributed by atoms with Gasteiger partial charge in [-0.15, -0.1) is 0 Å². The average Bonchev–Trinajstić information content (AvgIpc) is 2.61. The van der Waals surface area contributed by atoms with Gasteiger partial charge in [-0.1, -0.05) is 18.2 Å². The first kappa shape index (κ1) is 19.2. The Bertz CT molecular complexity index is 585. The molecule has 1 fully saturated rings. The maximum Gasteiger partial charge on any atom is 0.224 e. The Balaban J connectivity index is 2.14. The largest absolute Gasteiger partial charge is 0.494 e. The van der Waals surface area contributed by atoms with Crippen LogP contribution in [0.2, 0.25) is 0 Å². The first-order valence-electron chi connectivity index (χ1n) is 8.98. The van der Waals surface area contributed by atoms with Crippen LogP contribution in [0.4, 0.5) is 0 Å². The molecule has 0 aliphatic carbocycles. The molecule has 0 spiro atoms. The number of piperidine rings is 1. The molecule has 1 aliphatic heterocycles. The summed E-state index contributed by atoms with van der Waals surface area (Å²) in [6.07, 6.45) is 2.15. The Morgan fingerprint density at radius 1 is 1.32 bits per heavy atom. The zero-order valence-corrected chi connectivity index (χ0v) is 15.4. The predicted molar refractivity (Wildman–Crippen MR) is 97.4 cm³/mol. The Morgan fingerprint density at radius 2 is 2.00 bits per heavy atom. The third-order valence-electron chi connectivity index (χ3n) is 4.60. The summed E-state index contributed by atoms with van der Waals surface area (Å²) in [5, 5.41) is 6.22. The van der Waals surface area contributed by atoms with Crippen LogP contribution in [0.1, 0.15) is 44.7 Å². The van der Waals surface area contributed by atoms with Gasteiger partial charge >= 0.3 is 0 Å². The highest BCUT2D eigenvalue weighted by molar-refractivity contribution is 5.79. The number of ether oxygens (including phenoxy) is 1. The van der Waals surface area contributed by atoms with Crippen LogP contribution in [-0.2, 0) is 9.59 Å². The number of rotatable bonds is 7. The number of amides is 2. The van der Waals surface area contributed by atoms with E-state index in [2.05, 4.69) is 10.6 Å². The summed E-state index contributed by atoms with van der Waals surface area (Å²) < 4.78 is 5.67. The SMILES string of the molecule is CCOc1ccccc1C(CC(=O)N(C)C1CCNCC1)NC(C)=O. The highest BCUT2D eigenvalue weighted by atomic mass is 16.5. The third kappa shape index (κ3) is 5.46. The van der Waals surface area contributed by atoms with E-state index in [4.69, 9.17) is 4.74 Å². The molecule has 2 amide bonds. The maximum absolute atomic E-state index is 12.8. The van der Waals surface area contributed by atoms with Crippen molar-refractivity contribution in [3.63, 3.8) is 0 Å². The molecule has 1 aromatic rings. The van der Waals surface area contributed by atoms with Crippen molar-refractivity contribution in [2.24, 2.45) is 0 Å². The first-order valence-corrected chi connectivity index (χ1v) is 8.98. The van der Waals surface area contributed by atoms with Gasteiger partial charge in [0, 0.05) is 25.6 Å². The molecule has 138 valence electrons. The van der Waals surface area contributed by atoms with Crippen molar-refractivity contribution < 1.29 is 14.3 Å². The lowest BCUT2D eigenvalue weighted by molar-refractivity contribution is -0.133. The van der Waals surface area contributed by atoms with Gasteiger partial charge in [0.1, 0.15) is 5.75 Å². The third-order valence-corrected chi connectivity index (χ3v) is 4.60. The van der Waals surface area contributed by atoms with Gasteiger partial charge < -0.3 is 20.3 Å². The monoisotopic (exact) mass is 347 g/mol. The summed E-state index contributed by atoms with van der Waals surface area (Å²) in [5.41, 5.74) is 0.839. The molecule has 1 atom stereocenters. The molecule has 2 rings (SSSR count). The van der Waals surface area contributed by atoms with Crippen LogP contribution in [0.5, 0.6) is 5.75 Å². The Morgan fingerprint density at radius 3 is 2.64 bits per heavy atom. The molecule has 0 aromatic heterocycles. The molecule has 25 heavy (non-hydrogen) atoms. The van der Waals surface area contributed by atoms with Crippen LogP contribution in [0.3, 0.4) is 0 Å². The lowest BCUT2D eigenvalue weighted by Crippen LogP contribution is -2.45. The Kier molecular flexibility index (Phi) is 7.25. The van der Waals surface area contributed by atoms with E-state index in [1.807, 2.05) is 43.1 Å². The first-order chi connectivity index (χ1) is 12.0. The summed E-state index contributed by atoms with van der Waals surface area (Å²) in [4.78, 5) is 26.3. The van der Waals surface area contributed by atoms with E-state index in [1.165, 1.54) is 6.92 Å². The highest BCUT2D eigenvalue weighted by Crippen LogP contribution is 2.28. The van der Waals surface area contributed by atoms with Crippen molar-refractivity contribution >= 4 is 11.8 Å². The molecular weight excluding hydrogens is 318 g/mol. The van der Waals surface area contributed by atoms with E-state index in [-0.39, 0.29) is 24.3 Å². The van der Waals surface area contributed by atoms with Crippen LogP contribution in [0.15, 0.2) is 24.3 Å². The van der Waals surface area contributed by atoms with Gasteiger partial charge in [0.05, 0.1) is 19.1 Å². The second-order valence-electron chi connectivity index (χ2n) is 6.41. The van der Waals surface area contributed by atoms with Gasteiger partial charge in [0.25, 0.3) is 0 Å². The van der Waals surface area contributed by atoms with Crippen molar-refractivity contribution in [3.8, 4) is 5.75 Å². The van der Waals surface area contributed by atoms with E-state index in [0.29, 0.717) is 12.4 Å². The number of nitrogens with zero attached hydrogens (tertiary/aromatic N) is 1. The normalized spacial score (nSPS) is 16.1. The predicted octanol–water partition coefficient (Wildman–Crippen LogP) is 1.86. The number of carbonyl (C=O) groups is 2. The Labute approximate surface area is 149 Å². The van der Waals surface area contributed by atoms with Gasteiger partial charge in [-0.2, -0.15) is 0 Å². The van der Waals surface area contributed by atoms with Crippen molar-refractivity contribution in [2.75, 3.05) is 26.7 Å². The molecule has 0 saturated carbocycles. The van der Waals surface area contributed by atoms with Crippen molar-refractivity contribution in [3.05, 3.63) is 29.8 Å². The zero-order valence-electron chi connectivity index (χ0n) is 15.4. The van der Waals surface area contributed by atoms with Gasteiger partial charge in [-0.3, -0.25) is 9.59 Å². The second kappa shape index (κ2) is 9.42. The molecule has 1 saturated heterocycles. The molecule has 1 aliphatic rings. The molecule has 1 heterocycles. The average molecular weight is 347 g/mol. The fourth-order valence-corrected chi connectivity index (χ4v) is 3.26. The molecule has 1 unspecified atom stereocenters. The van der Waals surface area contributed by atoms with Gasteiger partial charge in [0.15, 0.2) is 0 Å². The quantitative estimate of drug-likeness (QED) is 0.790. The zero-order chi connectivity index (χ0) is 18.2. The molecule has 6 nitrogen and oxygen atoms in total. The Hall–Kier alpha value is -2.08. The topological polar surface area (TPSA) is 70.7 Å². The molecule has 0 bridgehead atoms. The van der Waals surface area contributed by atoms with Crippen molar-refractivity contribution in [1.82, 2.24) is 15.5 Å². The van der Waals surface area contributed by atoms with Crippen molar-refractivity contribution in [2.45, 2.75) is 45.2 Å². The second-order valence-corrected chi connectivity index (χ2v) is 6.41.